The van der Waals surface area contributed by atoms with Gasteiger partial charge in [-0.05, 0) is 70.6 Å². The Morgan fingerprint density at radius 1 is 0.314 bits per heavy atom. The van der Waals surface area contributed by atoms with Gasteiger partial charge in [-0.1, -0.05) is 278 Å². The van der Waals surface area contributed by atoms with Crippen molar-refractivity contribution in [2.45, 2.75) is 264 Å². The third kappa shape index (κ3) is 55.0. The van der Waals surface area contributed by atoms with Gasteiger partial charge in [-0.3, -0.25) is 14.4 Å². The van der Waals surface area contributed by atoms with Gasteiger partial charge in [0.25, 0.3) is 0 Å². The number of hydrogen-bond donors (Lipinski definition) is 0. The maximum atomic E-state index is 12.8. The number of rotatable bonds is 51. The zero-order valence-electron chi connectivity index (χ0n) is 45.5. The van der Waals surface area contributed by atoms with Crippen LogP contribution in [0.2, 0.25) is 0 Å². The van der Waals surface area contributed by atoms with Crippen molar-refractivity contribution >= 4 is 17.9 Å². The number of esters is 3. The van der Waals surface area contributed by atoms with Crippen LogP contribution in [0, 0.1) is 0 Å². The van der Waals surface area contributed by atoms with E-state index in [1.54, 1.807) is 0 Å². The van der Waals surface area contributed by atoms with Crippen LogP contribution in [0.15, 0.2) is 109 Å². The lowest BCUT2D eigenvalue weighted by Crippen LogP contribution is -2.30. The first-order valence-electron chi connectivity index (χ1n) is 29.0. The van der Waals surface area contributed by atoms with Gasteiger partial charge in [0, 0.05) is 19.3 Å². The predicted molar refractivity (Wildman–Crippen MR) is 302 cm³/mol. The molecule has 0 aromatic rings. The van der Waals surface area contributed by atoms with E-state index in [9.17, 15) is 14.4 Å². The van der Waals surface area contributed by atoms with Crippen LogP contribution in [-0.2, 0) is 28.6 Å². The molecular weight excluding hydrogens is 865 g/mol. The van der Waals surface area contributed by atoms with Crippen molar-refractivity contribution in [3.63, 3.8) is 0 Å². The third-order valence-corrected chi connectivity index (χ3v) is 12.2. The Labute approximate surface area is 431 Å². The molecule has 398 valence electrons. The van der Waals surface area contributed by atoms with Crippen LogP contribution in [0.5, 0.6) is 0 Å². The van der Waals surface area contributed by atoms with E-state index in [4.69, 9.17) is 14.2 Å². The fourth-order valence-electron chi connectivity index (χ4n) is 7.84. The van der Waals surface area contributed by atoms with Crippen molar-refractivity contribution in [1.29, 1.82) is 0 Å². The third-order valence-electron chi connectivity index (χ3n) is 12.2. The summed E-state index contributed by atoms with van der Waals surface area (Å²) < 4.78 is 16.8. The van der Waals surface area contributed by atoms with E-state index < -0.39 is 6.10 Å². The van der Waals surface area contributed by atoms with Crippen LogP contribution in [0.25, 0.3) is 0 Å². The molecule has 0 heterocycles. The van der Waals surface area contributed by atoms with Gasteiger partial charge in [-0.25, -0.2) is 0 Å². The van der Waals surface area contributed by atoms with Crippen molar-refractivity contribution in [2.24, 2.45) is 0 Å². The summed E-state index contributed by atoms with van der Waals surface area (Å²) in [6, 6.07) is 0. The van der Waals surface area contributed by atoms with E-state index in [0.29, 0.717) is 19.3 Å². The summed E-state index contributed by atoms with van der Waals surface area (Å²) in [6.07, 6.45) is 78.0. The molecular formula is C64H106O6. The molecule has 0 N–H and O–H groups in total. The summed E-state index contributed by atoms with van der Waals surface area (Å²) in [5.41, 5.74) is 0. The number of unbranched alkanes of at least 4 members (excludes halogenated alkanes) is 27. The van der Waals surface area contributed by atoms with Crippen molar-refractivity contribution in [2.75, 3.05) is 13.2 Å². The number of ether oxygens (including phenoxy) is 3. The molecule has 0 amide bonds. The monoisotopic (exact) mass is 971 g/mol. The first kappa shape index (κ1) is 66.1. The topological polar surface area (TPSA) is 78.9 Å². The molecule has 6 nitrogen and oxygen atoms in total. The van der Waals surface area contributed by atoms with Gasteiger partial charge in [0.2, 0.25) is 0 Å². The molecule has 0 bridgehead atoms. The Kier molecular flexibility index (Phi) is 54.4. The molecule has 6 heteroatoms. The highest BCUT2D eigenvalue weighted by Gasteiger charge is 2.19. The van der Waals surface area contributed by atoms with Gasteiger partial charge in [0.15, 0.2) is 6.10 Å². The van der Waals surface area contributed by atoms with Crippen LogP contribution in [0.4, 0.5) is 0 Å². The molecule has 0 spiro atoms. The van der Waals surface area contributed by atoms with Gasteiger partial charge < -0.3 is 14.2 Å². The maximum Gasteiger partial charge on any atom is 0.306 e. The van der Waals surface area contributed by atoms with Crippen LogP contribution in [-0.4, -0.2) is 37.2 Å². The number of carbonyl (C=O) groups excluding carboxylic acids is 3. The van der Waals surface area contributed by atoms with Gasteiger partial charge >= 0.3 is 17.9 Å². The summed E-state index contributed by atoms with van der Waals surface area (Å²) in [4.78, 5) is 38.1. The summed E-state index contributed by atoms with van der Waals surface area (Å²) in [5, 5.41) is 0. The largest absolute Gasteiger partial charge is 0.462 e. The number of carbonyl (C=O) groups is 3. The van der Waals surface area contributed by atoms with Gasteiger partial charge in [0.1, 0.15) is 13.2 Å². The minimum absolute atomic E-state index is 0.112. The molecule has 0 aliphatic heterocycles. The second kappa shape index (κ2) is 57.6. The van der Waals surface area contributed by atoms with Crippen LogP contribution in [0.3, 0.4) is 0 Å². The van der Waals surface area contributed by atoms with Crippen molar-refractivity contribution in [3.05, 3.63) is 109 Å². The predicted octanol–water partition coefficient (Wildman–Crippen LogP) is 19.5. The quantitative estimate of drug-likeness (QED) is 0.0199. The summed E-state index contributed by atoms with van der Waals surface area (Å²) >= 11 is 0. The van der Waals surface area contributed by atoms with Crippen molar-refractivity contribution in [1.82, 2.24) is 0 Å². The van der Waals surface area contributed by atoms with Crippen LogP contribution < -0.4 is 0 Å². The molecule has 0 aromatic heterocycles. The fraction of sp³-hybridized carbons (Fsp3) is 0.672. The molecule has 0 saturated heterocycles. The molecule has 0 fully saturated rings. The first-order valence-corrected chi connectivity index (χ1v) is 29.0. The minimum Gasteiger partial charge on any atom is -0.462 e. The van der Waals surface area contributed by atoms with Crippen molar-refractivity contribution in [3.8, 4) is 0 Å². The Bertz CT molecular complexity index is 1440. The number of hydrogen-bond acceptors (Lipinski definition) is 6. The minimum atomic E-state index is -0.823. The SMILES string of the molecule is CC\C=C/C=C\C=C/C=C\C=C\C=C/CCCCCC(=O)OC(COC(=O)CCC/C=C\C/C=C\C/C=C\CCCCCCCC)COC(=O)CCCCCCCCCCCCCCCCCCCC. The summed E-state index contributed by atoms with van der Waals surface area (Å²) in [6.45, 7) is 6.42. The van der Waals surface area contributed by atoms with Crippen molar-refractivity contribution < 1.29 is 28.6 Å². The maximum absolute atomic E-state index is 12.8. The lowest BCUT2D eigenvalue weighted by Gasteiger charge is -2.18. The smallest absolute Gasteiger partial charge is 0.306 e. The highest BCUT2D eigenvalue weighted by molar-refractivity contribution is 5.71. The van der Waals surface area contributed by atoms with Gasteiger partial charge in [-0.15, -0.1) is 0 Å². The van der Waals surface area contributed by atoms with E-state index in [0.717, 1.165) is 64.2 Å². The molecule has 0 aliphatic carbocycles. The zero-order chi connectivity index (χ0) is 50.7. The summed E-state index contributed by atoms with van der Waals surface area (Å²) in [5.74, 6) is -1.01. The lowest BCUT2D eigenvalue weighted by molar-refractivity contribution is -0.167. The zero-order valence-corrected chi connectivity index (χ0v) is 45.5. The molecule has 0 aliphatic rings. The standard InChI is InChI=1S/C64H106O6/c1-4-7-10-13-16-19-22-25-28-31-34-36-39-42-45-48-51-54-57-63(66)69-60-61(70-64(67)58-55-52-49-46-43-40-37-33-30-27-24-21-18-15-12-9-6-3)59-68-62(65)56-53-50-47-44-41-38-35-32-29-26-23-20-17-14-11-8-5-2/h9,12,15,18,21,24,26-27,29-30,33,35,37-38,40,43-44,47,61H,4-8,10-11,13-14,16-17,19-20,22-23,25,28,31-32,34,36,39,41-42,45-46,48-60H2,1-3H3/b12-9-,18-15-,24-21-,29-26-,30-27-,37-33+,38-35-,43-40-,47-44-. The Hall–Kier alpha value is -3.93. The van der Waals surface area contributed by atoms with Crippen LogP contribution >= 0.6 is 0 Å². The molecule has 1 unspecified atom stereocenters. The molecule has 0 radical (unpaired) electrons. The Balaban J connectivity index is 4.53. The number of allylic oxidation sites excluding steroid dienone is 18. The molecule has 0 rings (SSSR count). The fourth-order valence-corrected chi connectivity index (χ4v) is 7.84. The molecule has 1 atom stereocenters. The Morgan fingerprint density at radius 2 is 0.629 bits per heavy atom. The summed E-state index contributed by atoms with van der Waals surface area (Å²) in [7, 11) is 0. The van der Waals surface area contributed by atoms with Gasteiger partial charge in [0.05, 0.1) is 0 Å². The van der Waals surface area contributed by atoms with E-state index in [1.807, 2.05) is 60.8 Å². The normalized spacial score (nSPS) is 12.9. The average Bonchev–Trinajstić information content (AvgIpc) is 3.36. The lowest BCUT2D eigenvalue weighted by atomic mass is 10.0. The highest BCUT2D eigenvalue weighted by atomic mass is 16.6. The second-order valence-electron chi connectivity index (χ2n) is 19.0. The van der Waals surface area contributed by atoms with E-state index in [2.05, 4.69) is 69.4 Å². The first-order chi connectivity index (χ1) is 34.5. The molecule has 0 saturated carbocycles. The molecule has 0 aromatic carbocycles. The molecule has 70 heavy (non-hydrogen) atoms. The van der Waals surface area contributed by atoms with Crippen LogP contribution in [0.1, 0.15) is 258 Å². The highest BCUT2D eigenvalue weighted by Crippen LogP contribution is 2.16. The average molecular weight is 972 g/mol. The second-order valence-corrected chi connectivity index (χ2v) is 19.0. The van der Waals surface area contributed by atoms with E-state index >= 15 is 0 Å². The van der Waals surface area contributed by atoms with E-state index in [1.165, 1.54) is 141 Å². The van der Waals surface area contributed by atoms with Gasteiger partial charge in [-0.2, -0.15) is 0 Å². The Morgan fingerprint density at radius 3 is 1.07 bits per heavy atom. The van der Waals surface area contributed by atoms with E-state index in [-0.39, 0.29) is 44.0 Å².